The minimum Gasteiger partial charge on any atom is -0.372 e. The first-order chi connectivity index (χ1) is 12.7. The van der Waals surface area contributed by atoms with Gasteiger partial charge in [-0.2, -0.15) is 0 Å². The lowest BCUT2D eigenvalue weighted by Gasteiger charge is -2.36. The zero-order chi connectivity index (χ0) is 20.2. The fourth-order valence-electron chi connectivity index (χ4n) is 3.72. The second kappa shape index (κ2) is 8.77. The minimum atomic E-state index is -1.08. The summed E-state index contributed by atoms with van der Waals surface area (Å²) in [5, 5.41) is 2.98. The molecule has 1 aliphatic heterocycles. The number of nitrogens with one attached hydrogen (secondary N) is 1. The average Bonchev–Trinajstić information content (AvgIpc) is 2.64. The molecular formula is C22H35N3O2. The van der Waals surface area contributed by atoms with Crippen molar-refractivity contribution in [2.45, 2.75) is 54.4 Å². The lowest BCUT2D eigenvalue weighted by atomic mass is 9.88. The van der Waals surface area contributed by atoms with Crippen molar-refractivity contribution >= 4 is 23.2 Å². The summed E-state index contributed by atoms with van der Waals surface area (Å²) in [4.78, 5) is 30.0. The minimum absolute atomic E-state index is 0.0797. The summed E-state index contributed by atoms with van der Waals surface area (Å²) in [6, 6.07) is 6.05. The van der Waals surface area contributed by atoms with Crippen LogP contribution in [0.25, 0.3) is 0 Å². The number of hydrogen-bond donors (Lipinski definition) is 1. The molecule has 1 heterocycles. The van der Waals surface area contributed by atoms with Crippen LogP contribution in [0.2, 0.25) is 0 Å². The van der Waals surface area contributed by atoms with Gasteiger partial charge in [-0.25, -0.2) is 0 Å². The van der Waals surface area contributed by atoms with E-state index in [0.29, 0.717) is 5.92 Å². The van der Waals surface area contributed by atoms with Gasteiger partial charge in [-0.05, 0) is 77.1 Å². The Labute approximate surface area is 164 Å². The lowest BCUT2D eigenvalue weighted by Crippen LogP contribution is -2.50. The van der Waals surface area contributed by atoms with Crippen LogP contribution in [0.5, 0.6) is 0 Å². The summed E-state index contributed by atoms with van der Waals surface area (Å²) >= 11 is 0. The van der Waals surface area contributed by atoms with Crippen LogP contribution >= 0.6 is 0 Å². The summed E-state index contributed by atoms with van der Waals surface area (Å²) in [5.74, 6) is 0.171. The zero-order valence-electron chi connectivity index (χ0n) is 17.8. The predicted molar refractivity (Wildman–Crippen MR) is 112 cm³/mol. The Morgan fingerprint density at radius 3 is 2.48 bits per heavy atom. The number of hydrogen-bond acceptors (Lipinski definition) is 3. The third-order valence-electron chi connectivity index (χ3n) is 5.63. The number of aryl methyl sites for hydroxylation is 1. The maximum absolute atomic E-state index is 13.0. The van der Waals surface area contributed by atoms with Gasteiger partial charge in [0.05, 0.1) is 0 Å². The Morgan fingerprint density at radius 1 is 1.26 bits per heavy atom. The zero-order valence-corrected chi connectivity index (χ0v) is 17.8. The number of benzene rings is 1. The molecule has 5 heteroatoms. The molecule has 1 atom stereocenters. The highest BCUT2D eigenvalue weighted by molar-refractivity contribution is 6.10. The first-order valence-corrected chi connectivity index (χ1v) is 10.2. The molecule has 27 heavy (non-hydrogen) atoms. The third-order valence-corrected chi connectivity index (χ3v) is 5.63. The van der Waals surface area contributed by atoms with Crippen LogP contribution in [0.15, 0.2) is 18.2 Å². The monoisotopic (exact) mass is 373 g/mol. The highest BCUT2D eigenvalue weighted by Gasteiger charge is 2.40. The second-order valence-corrected chi connectivity index (χ2v) is 8.25. The molecule has 0 saturated carbocycles. The van der Waals surface area contributed by atoms with E-state index in [0.717, 1.165) is 56.0 Å². The molecule has 1 aromatic rings. The van der Waals surface area contributed by atoms with Crippen molar-refractivity contribution in [3.63, 3.8) is 0 Å². The van der Waals surface area contributed by atoms with Crippen molar-refractivity contribution in [3.05, 3.63) is 23.8 Å². The molecule has 1 saturated heterocycles. The van der Waals surface area contributed by atoms with Gasteiger partial charge in [0, 0.05) is 37.6 Å². The molecule has 2 amide bonds. The van der Waals surface area contributed by atoms with Crippen LogP contribution in [-0.2, 0) is 9.59 Å². The number of carbonyl (C=O) groups excluding carboxylic acids is 2. The smallest absolute Gasteiger partial charge is 0.239 e. The summed E-state index contributed by atoms with van der Waals surface area (Å²) in [5.41, 5.74) is 1.83. The van der Waals surface area contributed by atoms with Crippen LogP contribution in [0.3, 0.4) is 0 Å². The molecule has 1 unspecified atom stereocenters. The fourth-order valence-corrected chi connectivity index (χ4v) is 3.72. The van der Waals surface area contributed by atoms with E-state index in [9.17, 15) is 9.59 Å². The number of anilines is 2. The molecule has 5 nitrogen and oxygen atoms in total. The number of piperidine rings is 1. The van der Waals surface area contributed by atoms with Crippen LogP contribution in [0.4, 0.5) is 11.4 Å². The SMILES string of the molecule is CCN(CC)c1ccc(NC(=O)C(C)(C)C(=O)N2CCCC(C)C2)c(C)c1. The van der Waals surface area contributed by atoms with Crippen LogP contribution < -0.4 is 10.2 Å². The Kier molecular flexibility index (Phi) is 6.90. The summed E-state index contributed by atoms with van der Waals surface area (Å²) in [7, 11) is 0. The molecular weight excluding hydrogens is 338 g/mol. The second-order valence-electron chi connectivity index (χ2n) is 8.25. The number of nitrogens with zero attached hydrogens (tertiary/aromatic N) is 2. The first-order valence-electron chi connectivity index (χ1n) is 10.2. The third kappa shape index (κ3) is 4.82. The van der Waals surface area contributed by atoms with Crippen molar-refractivity contribution in [2.75, 3.05) is 36.4 Å². The van der Waals surface area contributed by atoms with Gasteiger partial charge in [0.15, 0.2) is 0 Å². The Hall–Kier alpha value is -2.04. The maximum Gasteiger partial charge on any atom is 0.239 e. The van der Waals surface area contributed by atoms with Crippen molar-refractivity contribution in [3.8, 4) is 0 Å². The van der Waals surface area contributed by atoms with E-state index >= 15 is 0 Å². The van der Waals surface area contributed by atoms with Crippen LogP contribution in [-0.4, -0.2) is 42.9 Å². The van der Waals surface area contributed by atoms with Crippen molar-refractivity contribution in [1.29, 1.82) is 0 Å². The normalized spacial score (nSPS) is 17.6. The van der Waals surface area contributed by atoms with E-state index in [-0.39, 0.29) is 11.8 Å². The molecule has 0 aliphatic carbocycles. The van der Waals surface area contributed by atoms with Gasteiger partial charge in [0.2, 0.25) is 11.8 Å². The molecule has 1 N–H and O–H groups in total. The van der Waals surface area contributed by atoms with E-state index in [1.807, 2.05) is 24.0 Å². The number of rotatable bonds is 6. The molecule has 1 aromatic carbocycles. The molecule has 0 bridgehead atoms. The molecule has 1 fully saturated rings. The van der Waals surface area contributed by atoms with Crippen molar-refractivity contribution < 1.29 is 9.59 Å². The van der Waals surface area contributed by atoms with Gasteiger partial charge in [-0.15, -0.1) is 0 Å². The van der Waals surface area contributed by atoms with Crippen LogP contribution in [0, 0.1) is 18.3 Å². The van der Waals surface area contributed by atoms with E-state index in [1.165, 1.54) is 0 Å². The maximum atomic E-state index is 13.0. The molecule has 0 radical (unpaired) electrons. The summed E-state index contributed by atoms with van der Waals surface area (Å²) in [6.07, 6.45) is 2.16. The Morgan fingerprint density at radius 2 is 1.93 bits per heavy atom. The van der Waals surface area contributed by atoms with E-state index in [4.69, 9.17) is 0 Å². The molecule has 2 rings (SSSR count). The molecule has 150 valence electrons. The molecule has 1 aliphatic rings. The fraction of sp³-hybridized carbons (Fsp3) is 0.636. The van der Waals surface area contributed by atoms with E-state index in [1.54, 1.807) is 13.8 Å². The standard InChI is InChI=1S/C22H35N3O2/c1-7-24(8-2)18-11-12-19(17(4)14-18)23-20(26)22(5,6)21(27)25-13-9-10-16(3)15-25/h11-12,14,16H,7-10,13,15H2,1-6H3,(H,23,26). The highest BCUT2D eigenvalue weighted by atomic mass is 16.2. The quantitative estimate of drug-likeness (QED) is 0.765. The largest absolute Gasteiger partial charge is 0.372 e. The molecule has 0 aromatic heterocycles. The summed E-state index contributed by atoms with van der Waals surface area (Å²) < 4.78 is 0. The predicted octanol–water partition coefficient (Wildman–Crippen LogP) is 4.06. The highest BCUT2D eigenvalue weighted by Crippen LogP contribution is 2.28. The first kappa shape index (κ1) is 21.3. The van der Waals surface area contributed by atoms with Crippen LogP contribution in [0.1, 0.15) is 53.0 Å². The topological polar surface area (TPSA) is 52.7 Å². The van der Waals surface area contributed by atoms with Crippen molar-refractivity contribution in [2.24, 2.45) is 11.3 Å². The Bertz CT molecular complexity index is 680. The lowest BCUT2D eigenvalue weighted by molar-refractivity contribution is -0.147. The van der Waals surface area contributed by atoms with E-state index in [2.05, 4.69) is 37.1 Å². The van der Waals surface area contributed by atoms with Crippen molar-refractivity contribution in [1.82, 2.24) is 4.90 Å². The van der Waals surface area contributed by atoms with Gasteiger partial charge >= 0.3 is 0 Å². The van der Waals surface area contributed by atoms with Gasteiger partial charge in [-0.1, -0.05) is 6.92 Å². The average molecular weight is 374 g/mol. The molecule has 0 spiro atoms. The van der Waals surface area contributed by atoms with Gasteiger partial charge in [0.25, 0.3) is 0 Å². The van der Waals surface area contributed by atoms with Gasteiger partial charge in [0.1, 0.15) is 5.41 Å². The van der Waals surface area contributed by atoms with Gasteiger partial charge in [-0.3, -0.25) is 9.59 Å². The summed E-state index contributed by atoms with van der Waals surface area (Å²) in [6.45, 7) is 15.2. The number of amides is 2. The number of carbonyl (C=O) groups is 2. The Balaban J connectivity index is 2.12. The number of likely N-dealkylation sites (tertiary alicyclic amines) is 1. The van der Waals surface area contributed by atoms with Gasteiger partial charge < -0.3 is 15.1 Å². The van der Waals surface area contributed by atoms with E-state index < -0.39 is 5.41 Å².